The van der Waals surface area contributed by atoms with Crippen LogP contribution < -0.4 is 0 Å². The fraction of sp³-hybridized carbons (Fsp3) is 0.900. The van der Waals surface area contributed by atoms with Crippen molar-refractivity contribution >= 4 is 0 Å². The Morgan fingerprint density at radius 2 is 2.00 bits per heavy atom. The van der Waals surface area contributed by atoms with E-state index in [4.69, 9.17) is 4.74 Å². The van der Waals surface area contributed by atoms with Gasteiger partial charge in [0.15, 0.2) is 0 Å². The molecule has 0 spiro atoms. The molecule has 0 aromatic heterocycles. The van der Waals surface area contributed by atoms with E-state index in [-0.39, 0.29) is 17.3 Å². The van der Waals surface area contributed by atoms with Gasteiger partial charge in [-0.3, -0.25) is 0 Å². The number of hydrogen-bond acceptors (Lipinski definition) is 2. The van der Waals surface area contributed by atoms with E-state index >= 15 is 0 Å². The molecule has 0 radical (unpaired) electrons. The molecule has 2 saturated heterocycles. The van der Waals surface area contributed by atoms with Crippen LogP contribution in [0.25, 0.3) is 0 Å². The number of rotatable bonds is 4. The molecule has 2 heterocycles. The van der Waals surface area contributed by atoms with Crippen LogP contribution in [-0.2, 0) is 4.74 Å². The molecule has 126 valence electrons. The first kappa shape index (κ1) is 16.5. The summed E-state index contributed by atoms with van der Waals surface area (Å²) >= 11 is 0. The number of aliphatic hydroxyl groups is 1. The quantitative estimate of drug-likeness (QED) is 0.762. The summed E-state index contributed by atoms with van der Waals surface area (Å²) in [7, 11) is 0. The average molecular weight is 306 g/mol. The molecular weight excluding hydrogens is 272 g/mol. The van der Waals surface area contributed by atoms with Gasteiger partial charge in [0.1, 0.15) is 0 Å². The Hall–Kier alpha value is -0.340. The second-order valence-corrected chi connectivity index (χ2v) is 8.88. The molecule has 0 aromatic carbocycles. The molecule has 2 bridgehead atoms. The summed E-state index contributed by atoms with van der Waals surface area (Å²) in [6, 6.07) is 0. The van der Waals surface area contributed by atoms with Crippen molar-refractivity contribution in [3.63, 3.8) is 0 Å². The molecular formula is C20H34O2. The highest BCUT2D eigenvalue weighted by Crippen LogP contribution is 2.58. The van der Waals surface area contributed by atoms with Gasteiger partial charge in [0, 0.05) is 0 Å². The normalized spacial score (nSPS) is 49.3. The van der Waals surface area contributed by atoms with E-state index in [0.717, 1.165) is 12.8 Å². The third kappa shape index (κ3) is 2.67. The lowest BCUT2D eigenvalue weighted by molar-refractivity contribution is -0.0434. The molecule has 2 fully saturated rings. The van der Waals surface area contributed by atoms with Gasteiger partial charge < -0.3 is 9.84 Å². The Morgan fingerprint density at radius 1 is 1.32 bits per heavy atom. The van der Waals surface area contributed by atoms with E-state index in [9.17, 15) is 5.11 Å². The zero-order chi connectivity index (χ0) is 16.1. The molecule has 2 aliphatic heterocycles. The van der Waals surface area contributed by atoms with Gasteiger partial charge in [-0.25, -0.2) is 0 Å². The van der Waals surface area contributed by atoms with Crippen LogP contribution in [0.2, 0.25) is 0 Å². The minimum absolute atomic E-state index is 0.107. The maximum Gasteiger partial charge on any atom is 0.0754 e. The van der Waals surface area contributed by atoms with Gasteiger partial charge in [-0.05, 0) is 83.0 Å². The van der Waals surface area contributed by atoms with Gasteiger partial charge in [-0.1, -0.05) is 25.5 Å². The molecule has 22 heavy (non-hydrogen) atoms. The Morgan fingerprint density at radius 3 is 2.59 bits per heavy atom. The standard InChI is InChI=1S/C20H34O2/c1-13-6-8-16(18(21)12-13)14(2)7-9-17-15(3)19(4)10-11-20(17,5)22-19/h12,14-18,21H,6-11H2,1-5H3/t14?,15-,16?,17-,18-,19+,20-/m1/s1. The number of aliphatic hydroxyl groups excluding tert-OH is 1. The summed E-state index contributed by atoms with van der Waals surface area (Å²) in [5.74, 6) is 2.40. The Bertz CT molecular complexity index is 457. The molecule has 3 aliphatic rings. The SMILES string of the molecule is CC1=C[C@@H](O)C(C(C)CC[C@@H]2[C@@H](C)[C@]3(C)CC[C@@]2(C)O3)CC1. The summed E-state index contributed by atoms with van der Waals surface area (Å²) in [6.07, 6.45) is 9.07. The molecule has 0 amide bonds. The van der Waals surface area contributed by atoms with Gasteiger partial charge in [0.25, 0.3) is 0 Å². The van der Waals surface area contributed by atoms with E-state index < -0.39 is 0 Å². The monoisotopic (exact) mass is 306 g/mol. The van der Waals surface area contributed by atoms with E-state index in [0.29, 0.717) is 23.7 Å². The molecule has 1 aliphatic carbocycles. The highest BCUT2D eigenvalue weighted by molar-refractivity contribution is 5.10. The minimum Gasteiger partial charge on any atom is -0.389 e. The summed E-state index contributed by atoms with van der Waals surface area (Å²) < 4.78 is 6.43. The predicted molar refractivity (Wildman–Crippen MR) is 90.7 cm³/mol. The molecule has 1 N–H and O–H groups in total. The van der Waals surface area contributed by atoms with Crippen LogP contribution in [0.3, 0.4) is 0 Å². The van der Waals surface area contributed by atoms with E-state index in [1.54, 1.807) is 0 Å². The van der Waals surface area contributed by atoms with Crippen molar-refractivity contribution in [2.24, 2.45) is 23.7 Å². The lowest BCUT2D eigenvalue weighted by Gasteiger charge is -2.36. The van der Waals surface area contributed by atoms with E-state index in [1.807, 2.05) is 0 Å². The molecule has 2 unspecified atom stereocenters. The van der Waals surface area contributed by atoms with Crippen molar-refractivity contribution in [1.82, 2.24) is 0 Å². The first-order valence-electron chi connectivity index (χ1n) is 9.31. The van der Waals surface area contributed by atoms with E-state index in [1.165, 1.54) is 31.3 Å². The highest BCUT2D eigenvalue weighted by atomic mass is 16.5. The first-order chi connectivity index (χ1) is 10.3. The third-order valence-corrected chi connectivity index (χ3v) is 7.37. The summed E-state index contributed by atoms with van der Waals surface area (Å²) in [5.41, 5.74) is 1.58. The van der Waals surface area contributed by atoms with Crippen LogP contribution in [0.15, 0.2) is 11.6 Å². The lowest BCUT2D eigenvalue weighted by Crippen LogP contribution is -2.37. The minimum atomic E-state index is -0.231. The topological polar surface area (TPSA) is 29.5 Å². The Labute approximate surface area is 136 Å². The second kappa shape index (κ2) is 5.63. The van der Waals surface area contributed by atoms with Gasteiger partial charge in [0.2, 0.25) is 0 Å². The van der Waals surface area contributed by atoms with Crippen LogP contribution >= 0.6 is 0 Å². The smallest absolute Gasteiger partial charge is 0.0754 e. The van der Waals surface area contributed by atoms with Crippen molar-refractivity contribution in [2.75, 3.05) is 0 Å². The summed E-state index contributed by atoms with van der Waals surface area (Å²) in [4.78, 5) is 0. The van der Waals surface area contributed by atoms with Crippen molar-refractivity contribution in [3.05, 3.63) is 11.6 Å². The predicted octanol–water partition coefficient (Wildman–Crippen LogP) is 4.71. The number of ether oxygens (including phenoxy) is 1. The number of fused-ring (bicyclic) bond motifs is 2. The third-order valence-electron chi connectivity index (χ3n) is 7.37. The average Bonchev–Trinajstić information content (AvgIpc) is 2.84. The molecule has 3 rings (SSSR count). The zero-order valence-corrected chi connectivity index (χ0v) is 15.1. The summed E-state index contributed by atoms with van der Waals surface area (Å²) in [5, 5.41) is 10.3. The molecule has 2 nitrogen and oxygen atoms in total. The van der Waals surface area contributed by atoms with E-state index in [2.05, 4.69) is 40.7 Å². The van der Waals surface area contributed by atoms with Crippen LogP contribution in [0.4, 0.5) is 0 Å². The van der Waals surface area contributed by atoms with Crippen molar-refractivity contribution in [2.45, 2.75) is 90.4 Å². The molecule has 0 saturated carbocycles. The van der Waals surface area contributed by atoms with Crippen LogP contribution in [0, 0.1) is 23.7 Å². The fourth-order valence-electron chi connectivity index (χ4n) is 5.56. The number of allylic oxidation sites excluding steroid dienone is 1. The maximum atomic E-state index is 10.3. The largest absolute Gasteiger partial charge is 0.389 e. The Balaban J connectivity index is 1.59. The lowest BCUT2D eigenvalue weighted by atomic mass is 9.66. The Kier molecular flexibility index (Phi) is 4.23. The van der Waals surface area contributed by atoms with Crippen LogP contribution in [-0.4, -0.2) is 22.4 Å². The zero-order valence-electron chi connectivity index (χ0n) is 15.1. The van der Waals surface area contributed by atoms with Gasteiger partial charge in [-0.2, -0.15) is 0 Å². The highest BCUT2D eigenvalue weighted by Gasteiger charge is 2.60. The van der Waals surface area contributed by atoms with Crippen molar-refractivity contribution in [1.29, 1.82) is 0 Å². The summed E-state index contributed by atoms with van der Waals surface area (Å²) in [6.45, 7) is 11.5. The molecule has 0 aromatic rings. The second-order valence-electron chi connectivity index (χ2n) is 8.88. The number of hydrogen-bond donors (Lipinski definition) is 1. The molecule has 7 atom stereocenters. The molecule has 2 heteroatoms. The van der Waals surface area contributed by atoms with Crippen LogP contribution in [0.1, 0.15) is 73.1 Å². The fourth-order valence-corrected chi connectivity index (χ4v) is 5.56. The van der Waals surface area contributed by atoms with Gasteiger partial charge in [-0.15, -0.1) is 0 Å². The van der Waals surface area contributed by atoms with Gasteiger partial charge in [0.05, 0.1) is 17.3 Å². The van der Waals surface area contributed by atoms with Crippen molar-refractivity contribution in [3.8, 4) is 0 Å². The maximum absolute atomic E-state index is 10.3. The van der Waals surface area contributed by atoms with Gasteiger partial charge >= 0.3 is 0 Å². The van der Waals surface area contributed by atoms with Crippen LogP contribution in [0.5, 0.6) is 0 Å². The first-order valence-corrected chi connectivity index (χ1v) is 9.31. The van der Waals surface area contributed by atoms with Crippen molar-refractivity contribution < 1.29 is 9.84 Å².